The molecule has 1 rings (SSSR count). The fourth-order valence-corrected chi connectivity index (χ4v) is 1.26. The summed E-state index contributed by atoms with van der Waals surface area (Å²) in [6, 6.07) is 3.93. The third kappa shape index (κ3) is 2.39. The lowest BCUT2D eigenvalue weighted by Gasteiger charge is -2.19. The minimum absolute atomic E-state index is 0.118. The van der Waals surface area contributed by atoms with E-state index in [0.29, 0.717) is 5.75 Å². The monoisotopic (exact) mass is 226 g/mol. The van der Waals surface area contributed by atoms with E-state index in [1.807, 2.05) is 0 Å². The largest absolute Gasteiger partial charge is 0.497 e. The molecule has 0 aromatic heterocycles. The summed E-state index contributed by atoms with van der Waals surface area (Å²) in [6.45, 7) is 3.04. The maximum absolute atomic E-state index is 13.5. The Morgan fingerprint density at radius 2 is 2.19 bits per heavy atom. The lowest BCUT2D eigenvalue weighted by molar-refractivity contribution is 0.0386. The summed E-state index contributed by atoms with van der Waals surface area (Å²) in [7, 11) is 1.42. The van der Waals surface area contributed by atoms with Crippen molar-refractivity contribution in [1.29, 1.82) is 0 Å². The van der Waals surface area contributed by atoms with E-state index in [0.717, 1.165) is 6.07 Å². The van der Waals surface area contributed by atoms with E-state index < -0.39 is 17.2 Å². The molecule has 0 saturated heterocycles. The topological polar surface area (TPSA) is 46.5 Å². The standard InChI is InChI=1S/C12H15FO3/c1-4-12(2,15)11(14)9-6-5-8(16-3)7-10(9)13/h5-7,15H,4H2,1-3H3. The molecule has 1 aromatic rings. The number of hydrogen-bond acceptors (Lipinski definition) is 3. The molecule has 0 fully saturated rings. The third-order valence-electron chi connectivity index (χ3n) is 2.60. The lowest BCUT2D eigenvalue weighted by Crippen LogP contribution is -2.34. The zero-order chi connectivity index (χ0) is 12.3. The number of benzene rings is 1. The van der Waals surface area contributed by atoms with E-state index in [1.165, 1.54) is 26.2 Å². The van der Waals surface area contributed by atoms with Crippen LogP contribution in [-0.2, 0) is 0 Å². The Balaban J connectivity index is 3.10. The molecule has 0 bridgehead atoms. The van der Waals surface area contributed by atoms with Crippen molar-refractivity contribution < 1.29 is 19.0 Å². The molecular weight excluding hydrogens is 211 g/mol. The fraction of sp³-hybridized carbons (Fsp3) is 0.417. The zero-order valence-electron chi connectivity index (χ0n) is 9.58. The highest BCUT2D eigenvalue weighted by Crippen LogP contribution is 2.22. The second-order valence-corrected chi connectivity index (χ2v) is 3.80. The van der Waals surface area contributed by atoms with Gasteiger partial charge in [-0.3, -0.25) is 4.79 Å². The van der Waals surface area contributed by atoms with Crippen LogP contribution in [0.2, 0.25) is 0 Å². The van der Waals surface area contributed by atoms with Gasteiger partial charge >= 0.3 is 0 Å². The molecule has 0 aliphatic rings. The first kappa shape index (κ1) is 12.6. The van der Waals surface area contributed by atoms with Gasteiger partial charge in [0.2, 0.25) is 0 Å². The van der Waals surface area contributed by atoms with Crippen LogP contribution in [0, 0.1) is 5.82 Å². The van der Waals surface area contributed by atoms with E-state index in [4.69, 9.17) is 4.74 Å². The average molecular weight is 226 g/mol. The van der Waals surface area contributed by atoms with Gasteiger partial charge in [-0.05, 0) is 25.5 Å². The van der Waals surface area contributed by atoms with E-state index in [1.54, 1.807) is 6.92 Å². The van der Waals surface area contributed by atoms with Crippen molar-refractivity contribution in [3.63, 3.8) is 0 Å². The fourth-order valence-electron chi connectivity index (χ4n) is 1.26. The Morgan fingerprint density at radius 3 is 2.62 bits per heavy atom. The minimum atomic E-state index is -1.53. The van der Waals surface area contributed by atoms with Crippen LogP contribution in [0.15, 0.2) is 18.2 Å². The van der Waals surface area contributed by atoms with Gasteiger partial charge in [-0.25, -0.2) is 4.39 Å². The Kier molecular flexibility index (Phi) is 3.65. The van der Waals surface area contributed by atoms with Gasteiger partial charge in [-0.2, -0.15) is 0 Å². The van der Waals surface area contributed by atoms with Gasteiger partial charge in [-0.15, -0.1) is 0 Å². The first-order valence-corrected chi connectivity index (χ1v) is 5.03. The molecule has 88 valence electrons. The Hall–Kier alpha value is -1.42. The molecule has 0 saturated carbocycles. The van der Waals surface area contributed by atoms with Crippen molar-refractivity contribution in [3.8, 4) is 5.75 Å². The summed E-state index contributed by atoms with van der Waals surface area (Å²) in [5.74, 6) is -0.960. The molecule has 16 heavy (non-hydrogen) atoms. The summed E-state index contributed by atoms with van der Waals surface area (Å²) in [5, 5.41) is 9.75. The molecule has 1 atom stereocenters. The summed E-state index contributed by atoms with van der Waals surface area (Å²) >= 11 is 0. The second-order valence-electron chi connectivity index (χ2n) is 3.80. The van der Waals surface area contributed by atoms with Crippen LogP contribution in [0.4, 0.5) is 4.39 Å². The molecular formula is C12H15FO3. The second kappa shape index (κ2) is 4.61. The van der Waals surface area contributed by atoms with Gasteiger partial charge in [0.05, 0.1) is 12.7 Å². The van der Waals surface area contributed by atoms with Gasteiger partial charge in [0.15, 0.2) is 5.78 Å². The molecule has 1 aromatic carbocycles. The molecule has 0 heterocycles. The predicted octanol–water partition coefficient (Wildman–Crippen LogP) is 2.18. The number of hydrogen-bond donors (Lipinski definition) is 1. The van der Waals surface area contributed by atoms with Gasteiger partial charge in [0, 0.05) is 6.07 Å². The number of carbonyl (C=O) groups is 1. The van der Waals surface area contributed by atoms with Crippen molar-refractivity contribution in [2.45, 2.75) is 25.9 Å². The average Bonchev–Trinajstić information content (AvgIpc) is 2.28. The zero-order valence-corrected chi connectivity index (χ0v) is 9.58. The van der Waals surface area contributed by atoms with E-state index in [-0.39, 0.29) is 12.0 Å². The van der Waals surface area contributed by atoms with Crippen LogP contribution in [-0.4, -0.2) is 23.6 Å². The normalized spacial score (nSPS) is 14.3. The van der Waals surface area contributed by atoms with Crippen LogP contribution in [0.5, 0.6) is 5.75 Å². The van der Waals surface area contributed by atoms with Crippen molar-refractivity contribution >= 4 is 5.78 Å². The van der Waals surface area contributed by atoms with Gasteiger partial charge in [-0.1, -0.05) is 6.92 Å². The molecule has 4 heteroatoms. The van der Waals surface area contributed by atoms with Crippen LogP contribution >= 0.6 is 0 Å². The Labute approximate surface area is 93.9 Å². The maximum atomic E-state index is 13.5. The summed E-state index contributed by atoms with van der Waals surface area (Å²) in [5.41, 5.74) is -1.65. The number of methoxy groups -OCH3 is 1. The third-order valence-corrected chi connectivity index (χ3v) is 2.60. The molecule has 1 unspecified atom stereocenters. The highest BCUT2D eigenvalue weighted by molar-refractivity contribution is 6.02. The van der Waals surface area contributed by atoms with Crippen molar-refractivity contribution in [2.75, 3.05) is 7.11 Å². The summed E-state index contributed by atoms with van der Waals surface area (Å²) in [4.78, 5) is 11.8. The maximum Gasteiger partial charge on any atom is 0.196 e. The highest BCUT2D eigenvalue weighted by atomic mass is 19.1. The van der Waals surface area contributed by atoms with E-state index in [2.05, 4.69) is 0 Å². The molecule has 3 nitrogen and oxygen atoms in total. The number of ketones is 1. The van der Waals surface area contributed by atoms with Crippen LogP contribution in [0.25, 0.3) is 0 Å². The van der Waals surface area contributed by atoms with Crippen molar-refractivity contribution in [2.24, 2.45) is 0 Å². The molecule has 0 radical (unpaired) electrons. The lowest BCUT2D eigenvalue weighted by atomic mass is 9.92. The summed E-state index contributed by atoms with van der Waals surface area (Å²) < 4.78 is 18.4. The SMILES string of the molecule is CCC(C)(O)C(=O)c1ccc(OC)cc1F. The number of aliphatic hydroxyl groups is 1. The van der Waals surface area contributed by atoms with Crippen LogP contribution < -0.4 is 4.74 Å². The van der Waals surface area contributed by atoms with Crippen molar-refractivity contribution in [3.05, 3.63) is 29.6 Å². The van der Waals surface area contributed by atoms with E-state index in [9.17, 15) is 14.3 Å². The van der Waals surface area contributed by atoms with Crippen molar-refractivity contribution in [1.82, 2.24) is 0 Å². The molecule has 0 aliphatic carbocycles. The Morgan fingerprint density at radius 1 is 1.56 bits per heavy atom. The number of carbonyl (C=O) groups excluding carboxylic acids is 1. The van der Waals surface area contributed by atoms with Gasteiger partial charge in [0.1, 0.15) is 17.2 Å². The highest BCUT2D eigenvalue weighted by Gasteiger charge is 2.30. The molecule has 0 amide bonds. The van der Waals surface area contributed by atoms with Crippen LogP contribution in [0.1, 0.15) is 30.6 Å². The molecule has 0 spiro atoms. The number of halogens is 1. The minimum Gasteiger partial charge on any atom is -0.497 e. The Bertz CT molecular complexity index is 399. The number of rotatable bonds is 4. The molecule has 1 N–H and O–H groups in total. The predicted molar refractivity (Wildman–Crippen MR) is 58.2 cm³/mol. The molecule has 0 aliphatic heterocycles. The smallest absolute Gasteiger partial charge is 0.196 e. The van der Waals surface area contributed by atoms with Crippen LogP contribution in [0.3, 0.4) is 0 Å². The summed E-state index contributed by atoms with van der Waals surface area (Å²) in [6.07, 6.45) is 0.233. The first-order chi connectivity index (χ1) is 7.42. The number of Topliss-reactive ketones (excluding diaryl/α,β-unsaturated/α-hetero) is 1. The van der Waals surface area contributed by atoms with Gasteiger partial charge in [0.25, 0.3) is 0 Å². The quantitative estimate of drug-likeness (QED) is 0.800. The first-order valence-electron chi connectivity index (χ1n) is 5.03. The van der Waals surface area contributed by atoms with Gasteiger partial charge < -0.3 is 9.84 Å². The number of ether oxygens (including phenoxy) is 1. The van der Waals surface area contributed by atoms with E-state index >= 15 is 0 Å².